The van der Waals surface area contributed by atoms with E-state index in [1.807, 2.05) is 0 Å². The van der Waals surface area contributed by atoms with Crippen LogP contribution in [0.5, 0.6) is 0 Å². The number of fused-ring (bicyclic) bond motifs is 1. The molecule has 25 heavy (non-hydrogen) atoms. The van der Waals surface area contributed by atoms with Crippen molar-refractivity contribution < 1.29 is 21.7 Å². The van der Waals surface area contributed by atoms with Gasteiger partial charge in [0.25, 0.3) is 0 Å². The van der Waals surface area contributed by atoms with Crippen LogP contribution < -0.4 is 17.0 Å². The molecule has 1 heterocycles. The van der Waals surface area contributed by atoms with Gasteiger partial charge in [0.15, 0.2) is 17.8 Å². The van der Waals surface area contributed by atoms with E-state index in [2.05, 4.69) is 53.7 Å². The van der Waals surface area contributed by atoms with E-state index in [1.54, 1.807) is 0 Å². The third-order valence-electron chi connectivity index (χ3n) is 4.76. The molecule has 1 aromatic carbocycles. The molecule has 0 saturated carbocycles. The number of imidazole rings is 1. The van der Waals surface area contributed by atoms with E-state index in [-0.39, 0.29) is 12.4 Å². The largest absolute Gasteiger partial charge is 1.00 e. The molecule has 0 aliphatic heterocycles. The van der Waals surface area contributed by atoms with Gasteiger partial charge in [0, 0.05) is 0 Å². The highest BCUT2D eigenvalue weighted by atomic mass is 35.5. The monoisotopic (exact) mass is 366 g/mol. The maximum Gasteiger partial charge on any atom is 0.246 e. The fourth-order valence-corrected chi connectivity index (χ4v) is 3.30. The number of para-hydroxylation sites is 2. The normalized spacial score (nSPS) is 11.0. The Hall–Kier alpha value is -1.06. The average Bonchev–Trinajstić information content (AvgIpc) is 2.92. The number of benzene rings is 1. The van der Waals surface area contributed by atoms with Crippen LogP contribution in [-0.4, -0.2) is 11.2 Å². The van der Waals surface area contributed by atoms with Crippen molar-refractivity contribution in [1.29, 1.82) is 0 Å². The number of hydrogen-bond acceptors (Lipinski definition) is 1. The van der Waals surface area contributed by atoms with E-state index in [0.717, 1.165) is 6.61 Å². The summed E-state index contributed by atoms with van der Waals surface area (Å²) in [5.41, 5.74) is 2.49. The van der Waals surface area contributed by atoms with Gasteiger partial charge in [0.2, 0.25) is 6.33 Å². The highest BCUT2D eigenvalue weighted by molar-refractivity contribution is 5.71. The summed E-state index contributed by atoms with van der Waals surface area (Å²) in [6.07, 6.45) is 15.8. The smallest absolute Gasteiger partial charge is 0.246 e. The van der Waals surface area contributed by atoms with Crippen LogP contribution >= 0.6 is 0 Å². The first-order chi connectivity index (χ1) is 11.8. The first kappa shape index (κ1) is 22.0. The van der Waals surface area contributed by atoms with Crippen molar-refractivity contribution in [2.75, 3.05) is 6.61 Å². The Bertz CT molecular complexity index is 582. The van der Waals surface area contributed by atoms with E-state index < -0.39 is 0 Å². The molecular formula is C21H35ClN2O. The van der Waals surface area contributed by atoms with Crippen LogP contribution in [0.3, 0.4) is 0 Å². The lowest BCUT2D eigenvalue weighted by atomic mass is 10.1. The van der Waals surface area contributed by atoms with Crippen LogP contribution in [0.15, 0.2) is 30.6 Å². The lowest BCUT2D eigenvalue weighted by Crippen LogP contribution is -3.00. The molecule has 0 radical (unpaired) electrons. The molecule has 0 amide bonds. The molecule has 0 spiro atoms. The Balaban J connectivity index is 0.00000312. The van der Waals surface area contributed by atoms with Crippen molar-refractivity contribution >= 4 is 11.0 Å². The van der Waals surface area contributed by atoms with Crippen LogP contribution in [0.1, 0.15) is 71.1 Å². The Morgan fingerprint density at radius 3 is 2.16 bits per heavy atom. The second-order valence-electron chi connectivity index (χ2n) is 6.90. The van der Waals surface area contributed by atoms with Crippen LogP contribution in [0, 0.1) is 0 Å². The summed E-state index contributed by atoms with van der Waals surface area (Å²) < 4.78 is 10.2. The minimum Gasteiger partial charge on any atom is -1.00 e. The molecule has 0 aliphatic carbocycles. The number of ether oxygens (including phenoxy) is 1. The Labute approximate surface area is 159 Å². The number of rotatable bonds is 13. The summed E-state index contributed by atoms with van der Waals surface area (Å²) in [5.74, 6) is 0. The van der Waals surface area contributed by atoms with Gasteiger partial charge in [0.05, 0.1) is 13.7 Å². The summed E-state index contributed by atoms with van der Waals surface area (Å²) >= 11 is 0. The van der Waals surface area contributed by atoms with Crippen molar-refractivity contribution in [1.82, 2.24) is 4.57 Å². The van der Waals surface area contributed by atoms with E-state index in [9.17, 15) is 0 Å². The molecule has 4 heteroatoms. The maximum atomic E-state index is 5.86. The second kappa shape index (κ2) is 13.2. The Kier molecular flexibility index (Phi) is 11.6. The number of aryl methyl sites for hydroxylation is 1. The van der Waals surface area contributed by atoms with Crippen LogP contribution in [0.2, 0.25) is 0 Å². The molecule has 0 N–H and O–H groups in total. The Morgan fingerprint density at radius 1 is 0.880 bits per heavy atom. The minimum atomic E-state index is 0. The van der Waals surface area contributed by atoms with E-state index in [0.29, 0.717) is 6.73 Å². The third-order valence-corrected chi connectivity index (χ3v) is 4.76. The third kappa shape index (κ3) is 7.79. The maximum absolute atomic E-state index is 5.86. The molecule has 1 aromatic heterocycles. The molecule has 142 valence electrons. The van der Waals surface area contributed by atoms with Gasteiger partial charge in [-0.05, 0) is 18.6 Å². The molecule has 0 atom stereocenters. The van der Waals surface area contributed by atoms with Crippen molar-refractivity contribution in [3.8, 4) is 0 Å². The molecule has 0 aliphatic rings. The Morgan fingerprint density at radius 2 is 1.48 bits per heavy atom. The van der Waals surface area contributed by atoms with Gasteiger partial charge in [-0.2, -0.15) is 0 Å². The summed E-state index contributed by atoms with van der Waals surface area (Å²) in [5, 5.41) is 0. The minimum absolute atomic E-state index is 0. The number of hydrogen-bond donors (Lipinski definition) is 0. The number of halogens is 1. The summed E-state index contributed by atoms with van der Waals surface area (Å²) in [7, 11) is 2.08. The van der Waals surface area contributed by atoms with Crippen LogP contribution in [0.25, 0.3) is 11.0 Å². The molecule has 0 unspecified atom stereocenters. The zero-order valence-electron chi connectivity index (χ0n) is 16.1. The van der Waals surface area contributed by atoms with Crippen molar-refractivity contribution in [2.45, 2.75) is 77.9 Å². The topological polar surface area (TPSA) is 18.0 Å². The summed E-state index contributed by atoms with van der Waals surface area (Å²) in [6, 6.07) is 8.46. The van der Waals surface area contributed by atoms with Gasteiger partial charge >= 0.3 is 0 Å². The summed E-state index contributed by atoms with van der Waals surface area (Å²) in [6.45, 7) is 3.80. The standard InChI is InChI=1S/C21H35N2O.ClH/c1-3-4-5-6-7-8-9-10-11-14-17-24-19-23-18-22(2)20-15-12-13-16-21(20)23;/h12-13,15-16,18H,3-11,14,17,19H2,1-2H3;1H/q+1;/p-1. The quantitative estimate of drug-likeness (QED) is 0.393. The van der Waals surface area contributed by atoms with Crippen LogP contribution in [0.4, 0.5) is 0 Å². The first-order valence-electron chi connectivity index (χ1n) is 9.84. The first-order valence-corrected chi connectivity index (χ1v) is 9.84. The molecule has 2 rings (SSSR count). The van der Waals surface area contributed by atoms with Gasteiger partial charge in [-0.15, -0.1) is 0 Å². The lowest BCUT2D eigenvalue weighted by Gasteiger charge is -2.03. The predicted molar refractivity (Wildman–Crippen MR) is 101 cm³/mol. The van der Waals surface area contributed by atoms with Gasteiger partial charge in [-0.1, -0.05) is 76.8 Å². The van der Waals surface area contributed by atoms with E-state index in [1.165, 1.54) is 75.2 Å². The molecule has 0 saturated heterocycles. The fraction of sp³-hybridized carbons (Fsp3) is 0.667. The molecular weight excluding hydrogens is 332 g/mol. The van der Waals surface area contributed by atoms with Gasteiger partial charge in [-0.3, -0.25) is 0 Å². The average molecular weight is 367 g/mol. The lowest BCUT2D eigenvalue weighted by molar-refractivity contribution is -0.646. The van der Waals surface area contributed by atoms with Gasteiger partial charge < -0.3 is 17.1 Å². The number of aromatic nitrogens is 2. The molecule has 0 fully saturated rings. The molecule has 3 nitrogen and oxygen atoms in total. The highest BCUT2D eigenvalue weighted by Gasteiger charge is 2.11. The van der Waals surface area contributed by atoms with Gasteiger partial charge in [0.1, 0.15) is 0 Å². The van der Waals surface area contributed by atoms with Crippen LogP contribution in [-0.2, 0) is 18.5 Å². The molecule has 2 aromatic rings. The zero-order valence-corrected chi connectivity index (χ0v) is 16.8. The van der Waals surface area contributed by atoms with E-state index in [4.69, 9.17) is 4.74 Å². The predicted octanol–water partition coefficient (Wildman–Crippen LogP) is 2.36. The summed E-state index contributed by atoms with van der Waals surface area (Å²) in [4.78, 5) is 0. The SMILES string of the molecule is CCCCCCCCCCCCOCn1c[n+](C)c2ccccc21.[Cl-]. The zero-order chi connectivity index (χ0) is 17.0. The van der Waals surface area contributed by atoms with E-state index >= 15 is 0 Å². The second-order valence-corrected chi connectivity index (χ2v) is 6.90. The number of unbranched alkanes of at least 4 members (excludes halogenated alkanes) is 9. The number of nitrogens with zero attached hydrogens (tertiary/aromatic N) is 2. The molecule has 0 bridgehead atoms. The fourth-order valence-electron chi connectivity index (χ4n) is 3.30. The van der Waals surface area contributed by atoms with Crippen molar-refractivity contribution in [3.63, 3.8) is 0 Å². The van der Waals surface area contributed by atoms with Crippen molar-refractivity contribution in [3.05, 3.63) is 30.6 Å². The highest BCUT2D eigenvalue weighted by Crippen LogP contribution is 2.12. The van der Waals surface area contributed by atoms with Gasteiger partial charge in [-0.25, -0.2) is 9.13 Å². The van der Waals surface area contributed by atoms with Crippen molar-refractivity contribution in [2.24, 2.45) is 7.05 Å².